The van der Waals surface area contributed by atoms with Crippen molar-refractivity contribution in [3.05, 3.63) is 0 Å². The van der Waals surface area contributed by atoms with Crippen LogP contribution in [-0.4, -0.2) is 32.7 Å². The molecule has 0 aromatic heterocycles. The predicted molar refractivity (Wildman–Crippen MR) is 91.3 cm³/mol. The first-order chi connectivity index (χ1) is 9.91. The van der Waals surface area contributed by atoms with Gasteiger partial charge in [-0.05, 0) is 13.0 Å². The van der Waals surface area contributed by atoms with Gasteiger partial charge in [0.05, 0.1) is 0 Å². The molecule has 1 aliphatic carbocycles. The molecule has 0 aromatic carbocycles. The summed E-state index contributed by atoms with van der Waals surface area (Å²) in [4.78, 5) is 0. The van der Waals surface area contributed by atoms with Gasteiger partial charge < -0.3 is 16.4 Å². The first kappa shape index (κ1) is 19.9. The minimum absolute atomic E-state index is 0.730. The smallest absolute Gasteiger partial charge is 0.00772 e. The van der Waals surface area contributed by atoms with E-state index in [0.717, 1.165) is 32.7 Å². The Kier molecular flexibility index (Phi) is 18.8. The van der Waals surface area contributed by atoms with Gasteiger partial charge in [-0.2, -0.15) is 0 Å². The van der Waals surface area contributed by atoms with Crippen molar-refractivity contribution in [3.8, 4) is 0 Å². The van der Waals surface area contributed by atoms with Crippen LogP contribution in [-0.2, 0) is 0 Å². The first-order valence-corrected chi connectivity index (χ1v) is 9.03. The summed E-state index contributed by atoms with van der Waals surface area (Å²) in [5.41, 5.74) is 5.29. The normalized spacial score (nSPS) is 17.1. The fraction of sp³-hybridized carbons (Fsp3) is 1.00. The summed E-state index contributed by atoms with van der Waals surface area (Å²) in [6.45, 7) is 7.01. The number of nitrogens with one attached hydrogen (secondary N) is 2. The van der Waals surface area contributed by atoms with Crippen molar-refractivity contribution in [3.63, 3.8) is 0 Å². The van der Waals surface area contributed by atoms with Gasteiger partial charge >= 0.3 is 0 Å². The van der Waals surface area contributed by atoms with E-state index in [1.54, 1.807) is 0 Å². The van der Waals surface area contributed by atoms with Crippen LogP contribution in [0.3, 0.4) is 0 Å². The molecule has 20 heavy (non-hydrogen) atoms. The minimum atomic E-state index is 0.730. The highest BCUT2D eigenvalue weighted by Gasteiger charge is 1.95. The molecule has 1 aliphatic rings. The van der Waals surface area contributed by atoms with Crippen molar-refractivity contribution in [1.29, 1.82) is 0 Å². The zero-order chi connectivity index (χ0) is 14.7. The SMILES string of the molecule is C1CCCCCCCCC1.CCCNCCNCCN. The van der Waals surface area contributed by atoms with Gasteiger partial charge in [0.1, 0.15) is 0 Å². The molecule has 0 saturated heterocycles. The lowest BCUT2D eigenvalue weighted by molar-refractivity contribution is 0.504. The molecule has 122 valence electrons. The first-order valence-electron chi connectivity index (χ1n) is 9.03. The van der Waals surface area contributed by atoms with E-state index in [1.165, 1.54) is 70.6 Å². The maximum Gasteiger partial charge on any atom is 0.00772 e. The third kappa shape index (κ3) is 17.9. The van der Waals surface area contributed by atoms with Gasteiger partial charge in [-0.1, -0.05) is 71.1 Å². The van der Waals surface area contributed by atoms with E-state index in [-0.39, 0.29) is 0 Å². The van der Waals surface area contributed by atoms with E-state index in [9.17, 15) is 0 Å². The van der Waals surface area contributed by atoms with E-state index in [0.29, 0.717) is 0 Å². The highest BCUT2D eigenvalue weighted by atomic mass is 14.9. The summed E-state index contributed by atoms with van der Waals surface area (Å²) in [6.07, 6.45) is 16.2. The van der Waals surface area contributed by atoms with Gasteiger partial charge in [0, 0.05) is 26.2 Å². The molecule has 0 heterocycles. The predicted octanol–water partition coefficient (Wildman–Crippen LogP) is 3.44. The van der Waals surface area contributed by atoms with Crippen molar-refractivity contribution >= 4 is 0 Å². The summed E-state index contributed by atoms with van der Waals surface area (Å²) < 4.78 is 0. The molecule has 3 nitrogen and oxygen atoms in total. The lowest BCUT2D eigenvalue weighted by Crippen LogP contribution is -2.30. The number of nitrogens with two attached hydrogens (primary N) is 1. The molecule has 0 radical (unpaired) electrons. The zero-order valence-corrected chi connectivity index (χ0v) is 13.9. The second-order valence-corrected chi connectivity index (χ2v) is 5.82. The van der Waals surface area contributed by atoms with Gasteiger partial charge in [0.25, 0.3) is 0 Å². The molecule has 0 aliphatic heterocycles. The van der Waals surface area contributed by atoms with Gasteiger partial charge in [0.2, 0.25) is 0 Å². The quantitative estimate of drug-likeness (QED) is 0.628. The van der Waals surface area contributed by atoms with E-state index in [1.807, 2.05) is 0 Å². The third-order valence-corrected chi connectivity index (χ3v) is 3.73. The van der Waals surface area contributed by atoms with Crippen LogP contribution in [0.2, 0.25) is 0 Å². The topological polar surface area (TPSA) is 50.1 Å². The molecule has 1 fully saturated rings. The molecule has 0 unspecified atom stereocenters. The Morgan fingerprint density at radius 3 is 1.25 bits per heavy atom. The standard InChI is InChI=1S/C10H20.C7H19N3/c1-2-4-6-8-10-9-7-5-3-1;1-2-4-9-6-7-10-5-3-8/h1-10H2;9-10H,2-8H2,1H3. The summed E-state index contributed by atoms with van der Waals surface area (Å²) in [5, 5.41) is 6.50. The molecule has 0 aromatic rings. The molecule has 1 rings (SSSR count). The molecule has 1 saturated carbocycles. The van der Waals surface area contributed by atoms with Crippen LogP contribution in [0.1, 0.15) is 77.6 Å². The lowest BCUT2D eigenvalue weighted by Gasteiger charge is -2.05. The Hall–Kier alpha value is -0.120. The zero-order valence-electron chi connectivity index (χ0n) is 13.9. The van der Waals surface area contributed by atoms with E-state index >= 15 is 0 Å². The second kappa shape index (κ2) is 18.9. The molecule has 4 N–H and O–H groups in total. The average Bonchev–Trinajstić information content (AvgIpc) is 2.49. The Morgan fingerprint density at radius 2 is 0.950 bits per heavy atom. The Labute approximate surface area is 127 Å². The monoisotopic (exact) mass is 285 g/mol. The fourth-order valence-corrected chi connectivity index (χ4v) is 2.47. The molecule has 0 spiro atoms. The Balaban J connectivity index is 0.000000361. The maximum atomic E-state index is 5.29. The third-order valence-electron chi connectivity index (χ3n) is 3.73. The van der Waals surface area contributed by atoms with Gasteiger partial charge in [-0.25, -0.2) is 0 Å². The van der Waals surface area contributed by atoms with E-state index in [2.05, 4.69) is 17.6 Å². The van der Waals surface area contributed by atoms with Crippen LogP contribution in [0.15, 0.2) is 0 Å². The van der Waals surface area contributed by atoms with Crippen molar-refractivity contribution in [2.75, 3.05) is 32.7 Å². The van der Waals surface area contributed by atoms with Crippen molar-refractivity contribution in [2.24, 2.45) is 5.73 Å². The maximum absolute atomic E-state index is 5.29. The number of hydrogen-bond acceptors (Lipinski definition) is 3. The Morgan fingerprint density at radius 1 is 0.600 bits per heavy atom. The fourth-order valence-electron chi connectivity index (χ4n) is 2.47. The van der Waals surface area contributed by atoms with Crippen molar-refractivity contribution in [2.45, 2.75) is 77.6 Å². The van der Waals surface area contributed by atoms with Crippen LogP contribution in [0, 0.1) is 0 Å². The second-order valence-electron chi connectivity index (χ2n) is 5.82. The summed E-state index contributed by atoms with van der Waals surface area (Å²) in [7, 11) is 0. The van der Waals surface area contributed by atoms with Crippen LogP contribution < -0.4 is 16.4 Å². The minimum Gasteiger partial charge on any atom is -0.329 e. The number of hydrogen-bond donors (Lipinski definition) is 3. The van der Waals surface area contributed by atoms with Crippen LogP contribution in [0.5, 0.6) is 0 Å². The van der Waals surface area contributed by atoms with E-state index in [4.69, 9.17) is 5.73 Å². The molecule has 3 heteroatoms. The van der Waals surface area contributed by atoms with Gasteiger partial charge in [-0.15, -0.1) is 0 Å². The molecule has 0 atom stereocenters. The van der Waals surface area contributed by atoms with E-state index < -0.39 is 0 Å². The molecule has 0 amide bonds. The Bertz CT molecular complexity index is 121. The molecule has 0 bridgehead atoms. The summed E-state index contributed by atoms with van der Waals surface area (Å²) in [6, 6.07) is 0. The van der Waals surface area contributed by atoms with Gasteiger partial charge in [-0.3, -0.25) is 0 Å². The lowest BCUT2D eigenvalue weighted by atomic mass is 10.0. The van der Waals surface area contributed by atoms with Crippen LogP contribution in [0.25, 0.3) is 0 Å². The highest BCUT2D eigenvalue weighted by molar-refractivity contribution is 4.52. The van der Waals surface area contributed by atoms with Crippen LogP contribution in [0.4, 0.5) is 0 Å². The van der Waals surface area contributed by atoms with Crippen molar-refractivity contribution < 1.29 is 0 Å². The largest absolute Gasteiger partial charge is 0.329 e. The molecular formula is C17H39N3. The average molecular weight is 286 g/mol. The summed E-state index contributed by atoms with van der Waals surface area (Å²) in [5.74, 6) is 0. The van der Waals surface area contributed by atoms with Gasteiger partial charge in [0.15, 0.2) is 0 Å². The summed E-state index contributed by atoms with van der Waals surface area (Å²) >= 11 is 0. The number of rotatable bonds is 7. The highest BCUT2D eigenvalue weighted by Crippen LogP contribution is 2.15. The van der Waals surface area contributed by atoms with Crippen LogP contribution >= 0.6 is 0 Å². The van der Waals surface area contributed by atoms with Crippen molar-refractivity contribution in [1.82, 2.24) is 10.6 Å². The molecular weight excluding hydrogens is 246 g/mol.